The first-order chi connectivity index (χ1) is 13.0. The molecule has 3 fully saturated rings. The van der Waals surface area contributed by atoms with Crippen molar-refractivity contribution in [3.05, 3.63) is 24.0 Å². The lowest BCUT2D eigenvalue weighted by atomic mass is 9.77. The topological polar surface area (TPSA) is 45.6 Å². The Hall–Kier alpha value is -1.78. The summed E-state index contributed by atoms with van der Waals surface area (Å²) in [5.74, 6) is 0.406. The average Bonchev–Trinajstić information content (AvgIpc) is 3.33. The van der Waals surface area contributed by atoms with Crippen LogP contribution >= 0.6 is 0 Å². The molecule has 0 unspecified atom stereocenters. The summed E-state index contributed by atoms with van der Waals surface area (Å²) in [6, 6.07) is 4.54. The highest BCUT2D eigenvalue weighted by molar-refractivity contribution is 5.94. The molecular weight excluding hydrogens is 338 g/mol. The molecule has 1 aromatic heterocycles. The summed E-state index contributed by atoms with van der Waals surface area (Å²) in [5, 5.41) is 0. The van der Waals surface area contributed by atoms with Crippen LogP contribution in [-0.4, -0.2) is 51.9 Å². The van der Waals surface area contributed by atoms with Gasteiger partial charge in [0.25, 0.3) is 5.91 Å². The van der Waals surface area contributed by atoms with Gasteiger partial charge in [-0.15, -0.1) is 0 Å². The standard InChI is InChI=1S/C22H33N3O2/c1-17(2)24-13-6-10-19(24)20(26)23-15-12-22(16-23)11-7-14-25(21(22)27)18-8-4-3-5-9-18/h6,10,13,17-18H,3-5,7-9,11-12,14-16H2,1-2H3/t22-/m0/s1. The van der Waals surface area contributed by atoms with Crippen LogP contribution in [0, 0.1) is 5.41 Å². The van der Waals surface area contributed by atoms with Crippen molar-refractivity contribution in [2.75, 3.05) is 19.6 Å². The van der Waals surface area contributed by atoms with Gasteiger partial charge in [0.1, 0.15) is 5.69 Å². The minimum absolute atomic E-state index is 0.0770. The SMILES string of the molecule is CC(C)n1cccc1C(=O)N1CC[C@@]2(CCCN(C3CCCCC3)C2=O)C1. The van der Waals surface area contributed by atoms with Crippen LogP contribution in [-0.2, 0) is 4.79 Å². The number of carbonyl (C=O) groups is 2. The van der Waals surface area contributed by atoms with Crippen molar-refractivity contribution in [2.45, 2.75) is 77.3 Å². The van der Waals surface area contributed by atoms with Gasteiger partial charge in [0.2, 0.25) is 5.91 Å². The van der Waals surface area contributed by atoms with Gasteiger partial charge in [0, 0.05) is 37.9 Å². The Balaban J connectivity index is 1.49. The van der Waals surface area contributed by atoms with E-state index in [2.05, 4.69) is 18.7 Å². The first-order valence-corrected chi connectivity index (χ1v) is 10.8. The number of hydrogen-bond acceptors (Lipinski definition) is 2. The van der Waals surface area contributed by atoms with Crippen molar-refractivity contribution in [1.82, 2.24) is 14.4 Å². The number of rotatable bonds is 3. The molecule has 1 atom stereocenters. The zero-order valence-electron chi connectivity index (χ0n) is 16.8. The monoisotopic (exact) mass is 371 g/mol. The molecule has 0 radical (unpaired) electrons. The lowest BCUT2D eigenvalue weighted by molar-refractivity contribution is -0.149. The largest absolute Gasteiger partial charge is 0.341 e. The van der Waals surface area contributed by atoms with Gasteiger partial charge in [-0.05, 0) is 58.1 Å². The number of nitrogens with zero attached hydrogens (tertiary/aromatic N) is 3. The molecule has 3 heterocycles. The fourth-order valence-electron chi connectivity index (χ4n) is 5.45. The average molecular weight is 372 g/mol. The minimum atomic E-state index is -0.333. The Morgan fingerprint density at radius 2 is 1.89 bits per heavy atom. The van der Waals surface area contributed by atoms with Crippen LogP contribution in [0.3, 0.4) is 0 Å². The molecule has 1 saturated carbocycles. The maximum atomic E-state index is 13.5. The van der Waals surface area contributed by atoms with Crippen LogP contribution in [0.15, 0.2) is 18.3 Å². The van der Waals surface area contributed by atoms with E-state index in [1.165, 1.54) is 19.3 Å². The smallest absolute Gasteiger partial charge is 0.270 e. The molecule has 2 amide bonds. The quantitative estimate of drug-likeness (QED) is 0.810. The Morgan fingerprint density at radius 3 is 2.63 bits per heavy atom. The highest BCUT2D eigenvalue weighted by Gasteiger charge is 2.50. The lowest BCUT2D eigenvalue weighted by Crippen LogP contribution is -2.54. The van der Waals surface area contributed by atoms with Crippen LogP contribution in [0.1, 0.15) is 81.7 Å². The third kappa shape index (κ3) is 3.30. The van der Waals surface area contributed by atoms with Gasteiger partial charge in [-0.2, -0.15) is 0 Å². The maximum absolute atomic E-state index is 13.5. The van der Waals surface area contributed by atoms with E-state index in [0.717, 1.165) is 44.3 Å². The van der Waals surface area contributed by atoms with E-state index in [1.807, 2.05) is 27.8 Å². The zero-order chi connectivity index (χ0) is 19.0. The van der Waals surface area contributed by atoms with E-state index in [9.17, 15) is 9.59 Å². The second-order valence-corrected chi connectivity index (χ2v) is 9.05. The predicted octanol–water partition coefficient (Wildman–Crippen LogP) is 3.86. The van der Waals surface area contributed by atoms with Gasteiger partial charge in [-0.25, -0.2) is 0 Å². The van der Waals surface area contributed by atoms with Crippen LogP contribution < -0.4 is 0 Å². The number of aromatic nitrogens is 1. The van der Waals surface area contributed by atoms with Crippen LogP contribution in [0.4, 0.5) is 0 Å². The molecule has 1 aliphatic carbocycles. The molecule has 4 rings (SSSR count). The summed E-state index contributed by atoms with van der Waals surface area (Å²) in [5.41, 5.74) is 0.412. The Morgan fingerprint density at radius 1 is 1.11 bits per heavy atom. The van der Waals surface area contributed by atoms with Gasteiger partial charge in [-0.1, -0.05) is 19.3 Å². The normalized spacial score (nSPS) is 27.1. The van der Waals surface area contributed by atoms with E-state index in [-0.39, 0.29) is 17.4 Å². The number of likely N-dealkylation sites (tertiary alicyclic amines) is 2. The summed E-state index contributed by atoms with van der Waals surface area (Å²) in [7, 11) is 0. The van der Waals surface area contributed by atoms with E-state index in [4.69, 9.17) is 0 Å². The molecule has 5 heteroatoms. The Bertz CT molecular complexity index is 704. The summed E-state index contributed by atoms with van der Waals surface area (Å²) in [4.78, 5) is 30.7. The molecule has 2 saturated heterocycles. The van der Waals surface area contributed by atoms with Crippen LogP contribution in [0.2, 0.25) is 0 Å². The highest BCUT2D eigenvalue weighted by atomic mass is 16.2. The van der Waals surface area contributed by atoms with Crippen molar-refractivity contribution >= 4 is 11.8 Å². The minimum Gasteiger partial charge on any atom is -0.341 e. The van der Waals surface area contributed by atoms with Gasteiger partial charge >= 0.3 is 0 Å². The van der Waals surface area contributed by atoms with Crippen molar-refractivity contribution in [1.29, 1.82) is 0 Å². The first-order valence-electron chi connectivity index (χ1n) is 10.8. The third-order valence-corrected chi connectivity index (χ3v) is 6.98. The summed E-state index contributed by atoms with van der Waals surface area (Å²) in [6.07, 6.45) is 10.9. The third-order valence-electron chi connectivity index (χ3n) is 6.98. The second-order valence-electron chi connectivity index (χ2n) is 9.05. The van der Waals surface area contributed by atoms with Gasteiger partial charge in [-0.3, -0.25) is 9.59 Å². The highest BCUT2D eigenvalue weighted by Crippen LogP contribution is 2.42. The molecule has 0 bridgehead atoms. The number of amides is 2. The molecule has 3 aliphatic rings. The second kappa shape index (κ2) is 7.33. The van der Waals surface area contributed by atoms with E-state index in [1.54, 1.807) is 0 Å². The summed E-state index contributed by atoms with van der Waals surface area (Å²) < 4.78 is 2.03. The van der Waals surface area contributed by atoms with Crippen molar-refractivity contribution in [3.8, 4) is 0 Å². The number of carbonyl (C=O) groups excluding carboxylic acids is 2. The Labute approximate surface area is 162 Å². The van der Waals surface area contributed by atoms with Gasteiger partial charge in [0.05, 0.1) is 5.41 Å². The van der Waals surface area contributed by atoms with Gasteiger partial charge < -0.3 is 14.4 Å². The van der Waals surface area contributed by atoms with Crippen LogP contribution in [0.5, 0.6) is 0 Å². The molecule has 1 spiro atoms. The van der Waals surface area contributed by atoms with E-state index >= 15 is 0 Å². The molecule has 148 valence electrons. The van der Waals surface area contributed by atoms with Crippen LogP contribution in [0.25, 0.3) is 0 Å². The van der Waals surface area contributed by atoms with Crippen molar-refractivity contribution in [2.24, 2.45) is 5.41 Å². The van der Waals surface area contributed by atoms with Crippen molar-refractivity contribution in [3.63, 3.8) is 0 Å². The predicted molar refractivity (Wildman–Crippen MR) is 106 cm³/mol. The Kier molecular flexibility index (Phi) is 5.04. The van der Waals surface area contributed by atoms with Gasteiger partial charge in [0.15, 0.2) is 0 Å². The maximum Gasteiger partial charge on any atom is 0.270 e. The van der Waals surface area contributed by atoms with E-state index in [0.29, 0.717) is 25.0 Å². The number of hydrogen-bond donors (Lipinski definition) is 0. The molecule has 0 N–H and O–H groups in total. The fourth-order valence-corrected chi connectivity index (χ4v) is 5.45. The number of piperidine rings is 1. The lowest BCUT2D eigenvalue weighted by Gasteiger charge is -2.44. The summed E-state index contributed by atoms with van der Waals surface area (Å²) >= 11 is 0. The molecular formula is C22H33N3O2. The zero-order valence-corrected chi connectivity index (χ0v) is 16.8. The molecule has 0 aromatic carbocycles. The molecule has 2 aliphatic heterocycles. The molecule has 27 heavy (non-hydrogen) atoms. The first kappa shape index (κ1) is 18.6. The molecule has 1 aromatic rings. The fraction of sp³-hybridized carbons (Fsp3) is 0.727. The van der Waals surface area contributed by atoms with Crippen molar-refractivity contribution < 1.29 is 9.59 Å². The summed E-state index contributed by atoms with van der Waals surface area (Å²) in [6.45, 7) is 6.39. The molecule has 5 nitrogen and oxygen atoms in total. The van der Waals surface area contributed by atoms with E-state index < -0.39 is 0 Å².